The minimum atomic E-state index is -2.94. The number of rotatable bonds is 8. The van der Waals surface area contributed by atoms with Crippen LogP contribution in [0.2, 0.25) is 0 Å². The van der Waals surface area contributed by atoms with E-state index >= 15 is 0 Å². The van der Waals surface area contributed by atoms with Gasteiger partial charge in [0.2, 0.25) is 5.91 Å². The average molecular weight is 358 g/mol. The van der Waals surface area contributed by atoms with Gasteiger partial charge in [-0.25, -0.2) is 0 Å². The number of benzene rings is 1. The van der Waals surface area contributed by atoms with E-state index in [0.29, 0.717) is 30.8 Å². The van der Waals surface area contributed by atoms with E-state index in [1.165, 1.54) is 19.2 Å². The van der Waals surface area contributed by atoms with Gasteiger partial charge in [-0.2, -0.15) is 8.78 Å². The van der Waals surface area contributed by atoms with Crippen LogP contribution in [-0.4, -0.2) is 46.4 Å². The summed E-state index contributed by atoms with van der Waals surface area (Å²) in [6.07, 6.45) is 1.32. The Balaban J connectivity index is 2.11. The van der Waals surface area contributed by atoms with Crippen molar-refractivity contribution in [1.82, 2.24) is 10.6 Å². The summed E-state index contributed by atoms with van der Waals surface area (Å²) < 4.78 is 40.0. The standard InChI is InChI=1S/C17H24F2N2O4/c1-23-11-17(5-7-20-8-6-17)15(22)21-10-12-9-13(24-2)3-4-14(12)25-16(18)19/h3-4,9,16,20H,5-8,10-11H2,1-2H3,(H,21,22). The first-order valence-electron chi connectivity index (χ1n) is 8.10. The SMILES string of the molecule is COCC1(C(=O)NCc2cc(OC)ccc2OC(F)F)CCNCC1. The Morgan fingerprint density at radius 1 is 1.32 bits per heavy atom. The van der Waals surface area contributed by atoms with Crippen molar-refractivity contribution >= 4 is 5.91 Å². The van der Waals surface area contributed by atoms with Gasteiger partial charge in [0.05, 0.1) is 19.1 Å². The molecule has 140 valence electrons. The summed E-state index contributed by atoms with van der Waals surface area (Å²) in [6.45, 7) is -1.09. The van der Waals surface area contributed by atoms with Crippen LogP contribution < -0.4 is 20.1 Å². The number of hydrogen-bond donors (Lipinski definition) is 2. The van der Waals surface area contributed by atoms with Gasteiger partial charge in [-0.15, -0.1) is 0 Å². The fourth-order valence-electron chi connectivity index (χ4n) is 3.01. The van der Waals surface area contributed by atoms with Gasteiger partial charge < -0.3 is 24.8 Å². The number of nitrogens with one attached hydrogen (secondary N) is 2. The molecule has 0 aromatic heterocycles. The molecule has 0 radical (unpaired) electrons. The number of carbonyl (C=O) groups excluding carboxylic acids is 1. The molecule has 0 atom stereocenters. The first kappa shape index (κ1) is 19.4. The van der Waals surface area contributed by atoms with Crippen LogP contribution in [0.4, 0.5) is 8.78 Å². The van der Waals surface area contributed by atoms with Crippen molar-refractivity contribution in [3.05, 3.63) is 23.8 Å². The van der Waals surface area contributed by atoms with E-state index in [0.717, 1.165) is 13.1 Å². The highest BCUT2D eigenvalue weighted by Gasteiger charge is 2.39. The quantitative estimate of drug-likeness (QED) is 0.743. The van der Waals surface area contributed by atoms with Crippen molar-refractivity contribution in [2.24, 2.45) is 5.41 Å². The molecule has 0 unspecified atom stereocenters. The smallest absolute Gasteiger partial charge is 0.387 e. The second-order valence-electron chi connectivity index (χ2n) is 6.00. The molecule has 8 heteroatoms. The van der Waals surface area contributed by atoms with Gasteiger partial charge in [0.1, 0.15) is 11.5 Å². The molecule has 25 heavy (non-hydrogen) atoms. The Bertz CT molecular complexity index is 572. The van der Waals surface area contributed by atoms with Crippen LogP contribution in [0.1, 0.15) is 18.4 Å². The molecule has 1 saturated heterocycles. The van der Waals surface area contributed by atoms with Gasteiger partial charge in [0.15, 0.2) is 0 Å². The molecule has 2 N–H and O–H groups in total. The fourth-order valence-corrected chi connectivity index (χ4v) is 3.01. The van der Waals surface area contributed by atoms with Gasteiger partial charge in [0, 0.05) is 19.2 Å². The number of ether oxygens (including phenoxy) is 3. The number of piperidine rings is 1. The Kier molecular flexibility index (Phi) is 6.95. The highest BCUT2D eigenvalue weighted by Crippen LogP contribution is 2.30. The number of carbonyl (C=O) groups is 1. The molecule has 0 bridgehead atoms. The molecule has 1 heterocycles. The molecule has 1 aromatic carbocycles. The fraction of sp³-hybridized carbons (Fsp3) is 0.588. The third-order valence-corrected chi connectivity index (χ3v) is 4.39. The number of amides is 1. The van der Waals surface area contributed by atoms with Crippen LogP contribution in [0.5, 0.6) is 11.5 Å². The van der Waals surface area contributed by atoms with E-state index in [-0.39, 0.29) is 18.2 Å². The molecule has 6 nitrogen and oxygen atoms in total. The Hall–Kier alpha value is -1.93. The largest absolute Gasteiger partial charge is 0.497 e. The number of halogens is 2. The molecule has 0 spiro atoms. The molecule has 1 aromatic rings. The monoisotopic (exact) mass is 358 g/mol. The van der Waals surface area contributed by atoms with E-state index in [2.05, 4.69) is 15.4 Å². The summed E-state index contributed by atoms with van der Waals surface area (Å²) in [5.41, 5.74) is -0.183. The van der Waals surface area contributed by atoms with Gasteiger partial charge in [-0.1, -0.05) is 0 Å². The van der Waals surface area contributed by atoms with E-state index in [1.54, 1.807) is 13.2 Å². The Labute approximate surface area is 145 Å². The normalized spacial score (nSPS) is 16.5. The lowest BCUT2D eigenvalue weighted by atomic mass is 9.78. The second kappa shape index (κ2) is 8.96. The second-order valence-corrected chi connectivity index (χ2v) is 6.00. The van der Waals surface area contributed by atoms with Gasteiger partial charge >= 0.3 is 6.61 Å². The Morgan fingerprint density at radius 2 is 2.04 bits per heavy atom. The van der Waals surface area contributed by atoms with Gasteiger partial charge in [0.25, 0.3) is 0 Å². The topological polar surface area (TPSA) is 68.8 Å². The lowest BCUT2D eigenvalue weighted by molar-refractivity contribution is -0.136. The van der Waals surface area contributed by atoms with Crippen molar-refractivity contribution in [2.45, 2.75) is 26.0 Å². The first-order chi connectivity index (χ1) is 12.0. The van der Waals surface area contributed by atoms with E-state index in [9.17, 15) is 13.6 Å². The minimum Gasteiger partial charge on any atom is -0.497 e. The highest BCUT2D eigenvalue weighted by molar-refractivity contribution is 5.83. The zero-order chi connectivity index (χ0) is 18.3. The van der Waals surface area contributed by atoms with Crippen LogP contribution in [-0.2, 0) is 16.1 Å². The maximum Gasteiger partial charge on any atom is 0.387 e. The predicted molar refractivity (Wildman–Crippen MR) is 87.9 cm³/mol. The third kappa shape index (κ3) is 5.02. The molecule has 0 aliphatic carbocycles. The van der Waals surface area contributed by atoms with Crippen LogP contribution in [0, 0.1) is 5.41 Å². The van der Waals surface area contributed by atoms with Crippen molar-refractivity contribution in [2.75, 3.05) is 33.9 Å². The van der Waals surface area contributed by atoms with Crippen LogP contribution in [0.3, 0.4) is 0 Å². The number of alkyl halides is 2. The third-order valence-electron chi connectivity index (χ3n) is 4.39. The van der Waals surface area contributed by atoms with Crippen LogP contribution in [0.25, 0.3) is 0 Å². The van der Waals surface area contributed by atoms with Crippen molar-refractivity contribution < 1.29 is 27.8 Å². The van der Waals surface area contributed by atoms with Crippen molar-refractivity contribution in [1.29, 1.82) is 0 Å². The molecule has 0 saturated carbocycles. The van der Waals surface area contributed by atoms with Gasteiger partial charge in [-0.05, 0) is 44.1 Å². The molecule has 1 amide bonds. The van der Waals surface area contributed by atoms with Crippen LogP contribution in [0.15, 0.2) is 18.2 Å². The van der Waals surface area contributed by atoms with Crippen molar-refractivity contribution in [3.8, 4) is 11.5 Å². The van der Waals surface area contributed by atoms with Gasteiger partial charge in [-0.3, -0.25) is 4.79 Å². The summed E-state index contributed by atoms with van der Waals surface area (Å²) in [7, 11) is 3.04. The first-order valence-corrected chi connectivity index (χ1v) is 8.10. The molecular weight excluding hydrogens is 334 g/mol. The lowest BCUT2D eigenvalue weighted by Crippen LogP contribution is -2.50. The van der Waals surface area contributed by atoms with E-state index in [4.69, 9.17) is 9.47 Å². The number of hydrogen-bond acceptors (Lipinski definition) is 5. The summed E-state index contributed by atoms with van der Waals surface area (Å²) in [4.78, 5) is 12.7. The summed E-state index contributed by atoms with van der Waals surface area (Å²) in [5.74, 6) is 0.364. The maximum absolute atomic E-state index is 12.7. The predicted octanol–water partition coefficient (Wildman–Crippen LogP) is 1.93. The average Bonchev–Trinajstić information content (AvgIpc) is 2.61. The highest BCUT2D eigenvalue weighted by atomic mass is 19.3. The summed E-state index contributed by atoms with van der Waals surface area (Å²) in [6, 6.07) is 4.51. The minimum absolute atomic E-state index is 0.0159. The molecule has 1 aliphatic heterocycles. The van der Waals surface area contributed by atoms with E-state index < -0.39 is 12.0 Å². The molecular formula is C17H24F2N2O4. The molecule has 2 rings (SSSR count). The summed E-state index contributed by atoms with van der Waals surface area (Å²) >= 11 is 0. The zero-order valence-corrected chi connectivity index (χ0v) is 14.4. The molecule has 1 fully saturated rings. The zero-order valence-electron chi connectivity index (χ0n) is 14.4. The number of methoxy groups -OCH3 is 2. The Morgan fingerprint density at radius 3 is 2.64 bits per heavy atom. The van der Waals surface area contributed by atoms with E-state index in [1.807, 2.05) is 0 Å². The maximum atomic E-state index is 12.7. The lowest BCUT2D eigenvalue weighted by Gasteiger charge is -2.35. The van der Waals surface area contributed by atoms with Crippen molar-refractivity contribution in [3.63, 3.8) is 0 Å². The molecule has 1 aliphatic rings. The summed E-state index contributed by atoms with van der Waals surface area (Å²) in [5, 5.41) is 6.05. The van der Waals surface area contributed by atoms with Crippen LogP contribution >= 0.6 is 0 Å².